The van der Waals surface area contributed by atoms with E-state index in [4.69, 9.17) is 4.74 Å². The van der Waals surface area contributed by atoms with Crippen LogP contribution in [0.3, 0.4) is 0 Å². The van der Waals surface area contributed by atoms with Gasteiger partial charge in [-0.1, -0.05) is 18.2 Å². The number of hydrogen-bond donors (Lipinski definition) is 3. The molecule has 2 aliphatic carbocycles. The van der Waals surface area contributed by atoms with Crippen LogP contribution in [0.15, 0.2) is 48.9 Å². The van der Waals surface area contributed by atoms with Crippen molar-refractivity contribution in [1.29, 1.82) is 0 Å². The summed E-state index contributed by atoms with van der Waals surface area (Å²) >= 11 is 0. The van der Waals surface area contributed by atoms with Crippen LogP contribution in [0.2, 0.25) is 0 Å². The van der Waals surface area contributed by atoms with Gasteiger partial charge in [-0.3, -0.25) is 0 Å². The Hall–Kier alpha value is -3.54. The lowest BCUT2D eigenvalue weighted by molar-refractivity contribution is -0.180. The molecule has 0 amide bonds. The van der Waals surface area contributed by atoms with E-state index in [1.807, 2.05) is 0 Å². The van der Waals surface area contributed by atoms with Crippen LogP contribution in [0.1, 0.15) is 61.8 Å². The van der Waals surface area contributed by atoms with Gasteiger partial charge in [-0.05, 0) is 26.3 Å². The summed E-state index contributed by atoms with van der Waals surface area (Å²) in [6.07, 6.45) is 4.67. The lowest BCUT2D eigenvalue weighted by atomic mass is 9.68. The highest BCUT2D eigenvalue weighted by molar-refractivity contribution is 5.65. The van der Waals surface area contributed by atoms with Crippen molar-refractivity contribution in [2.75, 3.05) is 0 Å². The van der Waals surface area contributed by atoms with Crippen LogP contribution >= 0.6 is 0 Å². The Morgan fingerprint density at radius 3 is 2.42 bits per heavy atom. The zero-order valence-electron chi connectivity index (χ0n) is 20.6. The fraction of sp³-hybridized carbons (Fsp3) is 0.370. The maximum absolute atomic E-state index is 15.2. The third kappa shape index (κ3) is 3.93. The number of hydrogen-bond acceptors (Lipinski definition) is 7. The summed E-state index contributed by atoms with van der Waals surface area (Å²) in [6.45, 7) is 0.181. The normalized spacial score (nSPS) is 28.5. The number of ether oxygens (including phenoxy) is 1. The van der Waals surface area contributed by atoms with Gasteiger partial charge in [0.05, 0.1) is 17.0 Å². The molecule has 1 unspecified atom stereocenters. The Morgan fingerprint density at radius 1 is 1.08 bits per heavy atom. The second-order valence-electron chi connectivity index (χ2n) is 10.7. The predicted molar refractivity (Wildman–Crippen MR) is 129 cm³/mol. The van der Waals surface area contributed by atoms with Crippen LogP contribution in [0.5, 0.6) is 5.75 Å². The summed E-state index contributed by atoms with van der Waals surface area (Å²) in [4.78, 5) is 12.9. The van der Waals surface area contributed by atoms with Crippen molar-refractivity contribution in [3.05, 3.63) is 77.5 Å². The summed E-state index contributed by atoms with van der Waals surface area (Å²) in [5.74, 6) is -1.02. The van der Waals surface area contributed by atoms with Gasteiger partial charge in [-0.25, -0.2) is 19.3 Å². The Kier molecular flexibility index (Phi) is 5.36. The molecule has 0 spiro atoms. The number of rotatable bonds is 5. The van der Waals surface area contributed by atoms with E-state index < -0.39 is 35.1 Å². The van der Waals surface area contributed by atoms with Crippen molar-refractivity contribution in [3.63, 3.8) is 0 Å². The van der Waals surface area contributed by atoms with Crippen molar-refractivity contribution in [3.8, 4) is 16.9 Å². The Labute approximate surface area is 215 Å². The molecule has 2 aliphatic rings. The molecular formula is C27H25F3N4O4. The van der Waals surface area contributed by atoms with Crippen molar-refractivity contribution in [1.82, 2.24) is 19.4 Å². The molecule has 0 bridgehead atoms. The fourth-order valence-electron chi connectivity index (χ4n) is 5.92. The van der Waals surface area contributed by atoms with Crippen molar-refractivity contribution >= 4 is 5.65 Å². The largest absolute Gasteiger partial charge is 0.435 e. The molecule has 0 saturated heterocycles. The molecule has 38 heavy (non-hydrogen) atoms. The average Bonchev–Trinajstić information content (AvgIpc) is 3.32. The van der Waals surface area contributed by atoms with Gasteiger partial charge in [-0.15, -0.1) is 0 Å². The first-order valence-electron chi connectivity index (χ1n) is 12.1. The van der Waals surface area contributed by atoms with E-state index in [-0.39, 0.29) is 42.0 Å². The lowest BCUT2D eigenvalue weighted by Crippen LogP contribution is -2.53. The molecular weight excluding hydrogens is 501 g/mol. The van der Waals surface area contributed by atoms with Crippen LogP contribution in [-0.2, 0) is 11.2 Å². The van der Waals surface area contributed by atoms with E-state index in [0.717, 1.165) is 0 Å². The van der Waals surface area contributed by atoms with Crippen LogP contribution in [-0.4, -0.2) is 46.9 Å². The van der Waals surface area contributed by atoms with E-state index in [1.165, 1.54) is 30.7 Å². The number of nitrogens with zero attached hydrogens (tertiary/aromatic N) is 4. The van der Waals surface area contributed by atoms with Crippen molar-refractivity contribution < 1.29 is 33.2 Å². The molecule has 2 atom stereocenters. The minimum atomic E-state index is -3.02. The molecule has 4 aromatic rings. The molecule has 198 valence electrons. The number of imidazole rings is 1. The van der Waals surface area contributed by atoms with Gasteiger partial charge in [0.25, 0.3) is 0 Å². The Bertz CT molecular complexity index is 1540. The Balaban J connectivity index is 1.44. The van der Waals surface area contributed by atoms with E-state index >= 15 is 4.39 Å². The zero-order valence-corrected chi connectivity index (χ0v) is 20.6. The number of alkyl halides is 2. The van der Waals surface area contributed by atoms with E-state index in [2.05, 4.69) is 15.0 Å². The third-order valence-electron chi connectivity index (χ3n) is 7.42. The monoisotopic (exact) mass is 526 g/mol. The first-order valence-corrected chi connectivity index (χ1v) is 12.1. The first kappa shape index (κ1) is 24.8. The number of para-hydroxylation sites is 1. The lowest BCUT2D eigenvalue weighted by Gasteiger charge is -2.46. The maximum Gasteiger partial charge on any atom is 0.387 e. The quantitative estimate of drug-likeness (QED) is 0.360. The minimum Gasteiger partial charge on any atom is -0.435 e. The molecule has 6 rings (SSSR count). The average molecular weight is 527 g/mol. The standard InChI is InChI=1S/C27H25F3N4O4/c1-25(35)12-27(37,13-25)23-31-9-14(10-32-23)17-11-34-20(7-18(17)28)33-22-21(34)16(8-26(22,2)36)15-5-3-4-6-19(15)38-24(29)30/h3-7,9-11,16,24,35-37H,8,12-13H2,1-2H3/t16-,25?,26?,27?/m1/s1. The number of aromatic nitrogens is 4. The minimum absolute atomic E-state index is 0.00896. The van der Waals surface area contributed by atoms with Gasteiger partial charge in [0.15, 0.2) is 5.82 Å². The van der Waals surface area contributed by atoms with Gasteiger partial charge in [-0.2, -0.15) is 8.78 Å². The smallest absolute Gasteiger partial charge is 0.387 e. The van der Waals surface area contributed by atoms with Crippen molar-refractivity contribution in [2.45, 2.75) is 62.4 Å². The van der Waals surface area contributed by atoms with Crippen LogP contribution in [0.4, 0.5) is 13.2 Å². The molecule has 3 aromatic heterocycles. The van der Waals surface area contributed by atoms with E-state index in [9.17, 15) is 24.1 Å². The van der Waals surface area contributed by atoms with E-state index in [0.29, 0.717) is 22.5 Å². The summed E-state index contributed by atoms with van der Waals surface area (Å²) in [5, 5.41) is 31.8. The molecule has 11 heteroatoms. The van der Waals surface area contributed by atoms with Crippen LogP contribution in [0.25, 0.3) is 16.8 Å². The molecule has 0 aliphatic heterocycles. The number of benzene rings is 1. The molecule has 1 saturated carbocycles. The fourth-order valence-corrected chi connectivity index (χ4v) is 5.92. The first-order chi connectivity index (χ1) is 17.9. The summed E-state index contributed by atoms with van der Waals surface area (Å²) in [7, 11) is 0. The predicted octanol–water partition coefficient (Wildman–Crippen LogP) is 4.01. The van der Waals surface area contributed by atoms with E-state index in [1.54, 1.807) is 36.4 Å². The molecule has 1 fully saturated rings. The van der Waals surface area contributed by atoms with Gasteiger partial charge in [0, 0.05) is 60.1 Å². The zero-order chi connectivity index (χ0) is 27.0. The second-order valence-corrected chi connectivity index (χ2v) is 10.7. The number of halogens is 3. The SMILES string of the molecule is CC1(O)CC(O)(c2ncc(-c3cn4c5c(nc4cc3F)C(C)(O)C[C@@H]5c3ccccc3OC(F)F)cn2)C1. The number of aliphatic hydroxyl groups is 3. The number of fused-ring (bicyclic) bond motifs is 3. The van der Waals surface area contributed by atoms with Gasteiger partial charge < -0.3 is 24.5 Å². The Morgan fingerprint density at radius 2 is 1.76 bits per heavy atom. The highest BCUT2D eigenvalue weighted by atomic mass is 19.3. The van der Waals surface area contributed by atoms with Gasteiger partial charge >= 0.3 is 6.61 Å². The van der Waals surface area contributed by atoms with Gasteiger partial charge in [0.2, 0.25) is 0 Å². The highest BCUT2D eigenvalue weighted by Gasteiger charge is 2.53. The number of pyridine rings is 1. The molecule has 1 aromatic carbocycles. The summed E-state index contributed by atoms with van der Waals surface area (Å²) in [6, 6.07) is 7.61. The molecule has 3 N–H and O–H groups in total. The second kappa shape index (κ2) is 8.23. The molecule has 0 radical (unpaired) electrons. The molecule has 8 nitrogen and oxygen atoms in total. The summed E-state index contributed by atoms with van der Waals surface area (Å²) in [5.41, 5.74) is -1.66. The van der Waals surface area contributed by atoms with Crippen LogP contribution < -0.4 is 4.74 Å². The van der Waals surface area contributed by atoms with Crippen LogP contribution in [0, 0.1) is 5.82 Å². The maximum atomic E-state index is 15.2. The van der Waals surface area contributed by atoms with Gasteiger partial charge in [0.1, 0.15) is 28.4 Å². The summed E-state index contributed by atoms with van der Waals surface area (Å²) < 4.78 is 47.9. The highest BCUT2D eigenvalue weighted by Crippen LogP contribution is 2.50. The topological polar surface area (TPSA) is 113 Å². The van der Waals surface area contributed by atoms with Crippen molar-refractivity contribution in [2.24, 2.45) is 0 Å². The third-order valence-corrected chi connectivity index (χ3v) is 7.42. The molecule has 3 heterocycles.